The molecule has 6 amide bonds. The predicted octanol–water partition coefficient (Wildman–Crippen LogP) is 4.24. The van der Waals surface area contributed by atoms with Crippen molar-refractivity contribution in [2.75, 3.05) is 30.3 Å². The van der Waals surface area contributed by atoms with Crippen LogP contribution in [0.5, 0.6) is 0 Å². The first kappa shape index (κ1) is 61.1. The second-order valence-corrected chi connectivity index (χ2v) is 21.8. The molecule has 1 spiro atoms. The maximum absolute atomic E-state index is 13.2. The van der Waals surface area contributed by atoms with E-state index in [-0.39, 0.29) is 96.8 Å². The first-order valence-electron chi connectivity index (χ1n) is 25.7. The molecule has 2 aromatic carbocycles. The molecule has 0 aromatic heterocycles. The Kier molecular flexibility index (Phi) is 23.8. The van der Waals surface area contributed by atoms with Crippen LogP contribution in [-0.4, -0.2) is 128 Å². The van der Waals surface area contributed by atoms with E-state index in [9.17, 15) is 47.1 Å². The largest absolute Gasteiger partial charge is 0.459 e. The molecule has 0 bridgehead atoms. The number of epoxide rings is 1. The minimum absolute atomic E-state index is 0.00547. The molecule has 5 rings (SSSR count). The number of alkyl halides is 1. The summed E-state index contributed by atoms with van der Waals surface area (Å²) < 4.78 is 51.7. The second-order valence-electron chi connectivity index (χ2n) is 19.6. The maximum atomic E-state index is 13.2. The third-order valence-corrected chi connectivity index (χ3v) is 15.1. The van der Waals surface area contributed by atoms with Crippen molar-refractivity contribution >= 4 is 73.1 Å². The molecule has 20 nitrogen and oxygen atoms in total. The van der Waals surface area contributed by atoms with Gasteiger partial charge in [-0.05, 0) is 94.2 Å². The van der Waals surface area contributed by atoms with E-state index in [0.29, 0.717) is 49.2 Å². The van der Waals surface area contributed by atoms with Crippen molar-refractivity contribution in [3.05, 3.63) is 95.6 Å². The fourth-order valence-electron chi connectivity index (χ4n) is 8.85. The summed E-state index contributed by atoms with van der Waals surface area (Å²) in [7, 11) is -4.24. The van der Waals surface area contributed by atoms with E-state index in [0.717, 1.165) is 24.8 Å². The van der Waals surface area contributed by atoms with Gasteiger partial charge in [-0.25, -0.2) is 13.1 Å². The Balaban J connectivity index is 1.02. The zero-order valence-corrected chi connectivity index (χ0v) is 46.2. The summed E-state index contributed by atoms with van der Waals surface area (Å²) in [6, 6.07) is 12.3. The van der Waals surface area contributed by atoms with Crippen molar-refractivity contribution in [1.82, 2.24) is 26.0 Å². The van der Waals surface area contributed by atoms with Crippen LogP contribution in [0.1, 0.15) is 104 Å². The van der Waals surface area contributed by atoms with Crippen LogP contribution >= 0.6 is 15.9 Å². The number of carbonyl (C=O) groups excluding carboxylic acids is 7. The molecule has 3 aliphatic rings. The fraction of sp³-hybridized carbons (Fsp3) is 0.537. The SMILES string of the molecule is CC(=O)O[C@@H](C)C=CC(=O)N[C@@H]1C[C@H](C)[C@H](CC=C(C)C=C[C@H]2O[C@H](CC(=O)NCc3ccc(S(=O)(=O)NC(=O)CCc4ccccc4NC(=O)CNC(=O)CCCCCNC(=O)CBr)cc3)C[C@@]3(CO3)[C@@H]2O)O[C@@H]1C. The first-order valence-corrected chi connectivity index (χ1v) is 28.3. The van der Waals surface area contributed by atoms with E-state index in [2.05, 4.69) is 60.2 Å². The zero-order valence-electron chi connectivity index (χ0n) is 43.8. The van der Waals surface area contributed by atoms with Crippen LogP contribution < -0.4 is 31.3 Å². The maximum Gasteiger partial charge on any atom is 0.303 e. The van der Waals surface area contributed by atoms with Gasteiger partial charge in [0.25, 0.3) is 10.0 Å². The van der Waals surface area contributed by atoms with Gasteiger partial charge in [0, 0.05) is 51.0 Å². The Bertz CT molecular complexity index is 2550. The lowest BCUT2D eigenvalue weighted by atomic mass is 9.87. The fourth-order valence-corrected chi connectivity index (χ4v) is 10.1. The lowest BCUT2D eigenvalue weighted by molar-refractivity contribution is -0.145. The second kappa shape index (κ2) is 29.7. The van der Waals surface area contributed by atoms with Crippen molar-refractivity contribution in [3.63, 3.8) is 0 Å². The van der Waals surface area contributed by atoms with Crippen LogP contribution in [0.15, 0.2) is 89.4 Å². The minimum Gasteiger partial charge on any atom is -0.459 e. The number of anilines is 1. The first-order chi connectivity index (χ1) is 36.1. The molecule has 0 radical (unpaired) electrons. The van der Waals surface area contributed by atoms with Crippen LogP contribution in [0.2, 0.25) is 0 Å². The number of allylic oxidation sites excluding steroid dienone is 2. The van der Waals surface area contributed by atoms with Gasteiger partial charge in [0.2, 0.25) is 35.4 Å². The Morgan fingerprint density at radius 3 is 2.33 bits per heavy atom. The summed E-state index contributed by atoms with van der Waals surface area (Å²) in [5, 5.41) is 25.3. The van der Waals surface area contributed by atoms with E-state index in [4.69, 9.17) is 18.9 Å². The van der Waals surface area contributed by atoms with Gasteiger partial charge < -0.3 is 50.6 Å². The lowest BCUT2D eigenvalue weighted by Crippen LogP contribution is -2.50. The topological polar surface area (TPSA) is 286 Å². The zero-order chi connectivity index (χ0) is 55.4. The number of unbranched alkanes of at least 4 members (excludes halogenated alkanes) is 2. The highest BCUT2D eigenvalue weighted by atomic mass is 79.9. The molecule has 76 heavy (non-hydrogen) atoms. The van der Waals surface area contributed by atoms with Crippen LogP contribution in [0.3, 0.4) is 0 Å². The van der Waals surface area contributed by atoms with Crippen molar-refractivity contribution in [2.24, 2.45) is 5.92 Å². The standard InChI is InChI=1S/C54H73BrN6O14S/c1-34(14-22-45-35(2)27-44(37(4)74-45)60-48(64)24-16-36(3)73-38(5)62)15-23-46-53(69)54(33-72-54)29-41(75-46)28-50(66)57-31-39-17-20-42(21-18-39)76(70,71)61-49(65)25-19-40-11-8-9-12-43(40)59-52(68)32-58-47(63)13-7-6-10-26-56-51(67)30-55/h8-9,11-12,14-18,20-21,23-24,35-37,41,44-46,53,69H,6-7,10,13,19,22,25-33H2,1-5H3,(H,56,67)(H,57,66)(H,58,63)(H,59,68)(H,60,64)(H,61,65)/t35-,36-,37+,41+,44+,45-,46+,53+,54+/m0/s1. The highest BCUT2D eigenvalue weighted by molar-refractivity contribution is 9.09. The summed E-state index contributed by atoms with van der Waals surface area (Å²) in [5.41, 5.74) is 1.73. The van der Waals surface area contributed by atoms with Gasteiger partial charge in [-0.15, -0.1) is 0 Å². The average Bonchev–Trinajstić information content (AvgIpc) is 4.16. The van der Waals surface area contributed by atoms with Crippen molar-refractivity contribution in [3.8, 4) is 0 Å². The van der Waals surface area contributed by atoms with Crippen molar-refractivity contribution in [2.45, 2.75) is 159 Å². The van der Waals surface area contributed by atoms with E-state index < -0.39 is 57.8 Å². The smallest absolute Gasteiger partial charge is 0.303 e. The number of sulfonamides is 1. The number of nitrogens with one attached hydrogen (secondary N) is 6. The van der Waals surface area contributed by atoms with Crippen molar-refractivity contribution < 1.29 is 66.0 Å². The monoisotopic (exact) mass is 1140 g/mol. The van der Waals surface area contributed by atoms with E-state index in [1.54, 1.807) is 37.3 Å². The van der Waals surface area contributed by atoms with Crippen LogP contribution in [0.4, 0.5) is 5.69 Å². The third-order valence-electron chi connectivity index (χ3n) is 13.2. The van der Waals surface area contributed by atoms with Crippen LogP contribution in [-0.2, 0) is 75.5 Å². The molecule has 22 heteroatoms. The van der Waals surface area contributed by atoms with Gasteiger partial charge >= 0.3 is 5.97 Å². The minimum atomic E-state index is -4.24. The molecule has 0 saturated carbocycles. The normalized spacial score (nSPS) is 23.8. The number of rotatable bonds is 27. The van der Waals surface area contributed by atoms with Crippen LogP contribution in [0, 0.1) is 5.92 Å². The third kappa shape index (κ3) is 20.3. The van der Waals surface area contributed by atoms with Crippen LogP contribution in [0.25, 0.3) is 0 Å². The van der Waals surface area contributed by atoms with E-state index in [1.165, 1.54) is 43.3 Å². The number of hydrogen-bond donors (Lipinski definition) is 7. The summed E-state index contributed by atoms with van der Waals surface area (Å²) in [4.78, 5) is 85.7. The Morgan fingerprint density at radius 1 is 0.882 bits per heavy atom. The van der Waals surface area contributed by atoms with E-state index >= 15 is 0 Å². The summed E-state index contributed by atoms with van der Waals surface area (Å²) in [6.07, 6.45) is 9.39. The highest BCUT2D eigenvalue weighted by Gasteiger charge is 2.58. The molecule has 7 N–H and O–H groups in total. The number of halogens is 1. The molecule has 0 aliphatic carbocycles. The Morgan fingerprint density at radius 2 is 1.62 bits per heavy atom. The Labute approximate surface area is 453 Å². The quantitative estimate of drug-likeness (QED) is 0.0165. The predicted molar refractivity (Wildman–Crippen MR) is 286 cm³/mol. The molecular weight excluding hydrogens is 1070 g/mol. The summed E-state index contributed by atoms with van der Waals surface area (Å²) in [5.74, 6) is -2.50. The molecule has 3 aliphatic heterocycles. The number of para-hydroxylation sites is 1. The number of esters is 1. The van der Waals surface area contributed by atoms with Gasteiger partial charge in [-0.3, -0.25) is 33.6 Å². The molecule has 2 aromatic rings. The van der Waals surface area contributed by atoms with Gasteiger partial charge in [-0.2, -0.15) is 0 Å². The molecule has 0 unspecified atom stereocenters. The number of amides is 6. The van der Waals surface area contributed by atoms with Gasteiger partial charge in [0.1, 0.15) is 23.9 Å². The van der Waals surface area contributed by atoms with Gasteiger partial charge in [0.05, 0.1) is 54.2 Å². The number of aliphatic hydroxyl groups is 1. The number of hydrogen-bond acceptors (Lipinski definition) is 14. The van der Waals surface area contributed by atoms with Gasteiger partial charge in [-0.1, -0.05) is 83.4 Å². The molecule has 416 valence electrons. The number of carbonyl (C=O) groups is 7. The highest BCUT2D eigenvalue weighted by Crippen LogP contribution is 2.43. The molecule has 3 heterocycles. The number of ether oxygens (including phenoxy) is 4. The molecule has 9 atom stereocenters. The Hall–Kier alpha value is -5.78. The number of aryl methyl sites for hydroxylation is 1. The molecular formula is C54H73BrN6O14S. The summed E-state index contributed by atoms with van der Waals surface area (Å²) >= 11 is 3.08. The number of aliphatic hydroxyl groups excluding tert-OH is 1. The average molecular weight is 1140 g/mol. The molecule has 3 saturated heterocycles. The summed E-state index contributed by atoms with van der Waals surface area (Å²) in [6.45, 7) is 9.62. The van der Waals surface area contributed by atoms with E-state index in [1.807, 2.05) is 19.9 Å². The van der Waals surface area contributed by atoms with Crippen molar-refractivity contribution in [1.29, 1.82) is 0 Å². The molecule has 3 fully saturated rings. The number of benzene rings is 2. The lowest BCUT2D eigenvalue weighted by Gasteiger charge is -2.39. The van der Waals surface area contributed by atoms with Gasteiger partial charge in [0.15, 0.2) is 0 Å².